The largest absolute Gasteiger partial charge is 0.449 e. The van der Waals surface area contributed by atoms with Crippen LogP contribution in [0.25, 0.3) is 0 Å². The van der Waals surface area contributed by atoms with E-state index >= 15 is 0 Å². The molecule has 0 bridgehead atoms. The van der Waals surface area contributed by atoms with Crippen LogP contribution in [0.2, 0.25) is 0 Å². The Hall–Kier alpha value is -2.73. The molecule has 0 unspecified atom stereocenters. The topological polar surface area (TPSA) is 38.3 Å². The predicted octanol–water partition coefficient (Wildman–Crippen LogP) is 3.13. The van der Waals surface area contributed by atoms with Gasteiger partial charge in [-0.1, -0.05) is 42.3 Å². The number of benzene rings is 2. The predicted molar refractivity (Wildman–Crippen MR) is 84.2 cm³/mol. The van der Waals surface area contributed by atoms with Crippen LogP contribution < -0.4 is 5.32 Å². The molecule has 21 heavy (non-hydrogen) atoms. The van der Waals surface area contributed by atoms with Crippen molar-refractivity contribution in [2.45, 2.75) is 6.42 Å². The number of carbonyl (C=O) groups excluding carboxylic acids is 1. The molecule has 0 radical (unpaired) electrons. The van der Waals surface area contributed by atoms with E-state index in [-0.39, 0.29) is 6.61 Å². The summed E-state index contributed by atoms with van der Waals surface area (Å²) in [7, 11) is 0. The molecule has 0 saturated carbocycles. The molecule has 0 amide bonds. The Balaban J connectivity index is 1.89. The minimum Gasteiger partial charge on any atom is -0.449 e. The highest BCUT2D eigenvalue weighted by Gasteiger charge is 2.06. The lowest BCUT2D eigenvalue weighted by Crippen LogP contribution is -2.08. The Bertz CT molecular complexity index is 629. The summed E-state index contributed by atoms with van der Waals surface area (Å²) in [6.07, 6.45) is 5.99. The lowest BCUT2D eigenvalue weighted by Gasteiger charge is -2.08. The van der Waals surface area contributed by atoms with Gasteiger partial charge in [0.05, 0.1) is 5.56 Å². The van der Waals surface area contributed by atoms with Gasteiger partial charge in [0.25, 0.3) is 0 Å². The zero-order chi connectivity index (χ0) is 14.9. The van der Waals surface area contributed by atoms with Crippen molar-refractivity contribution in [2.75, 3.05) is 18.5 Å². The van der Waals surface area contributed by atoms with Crippen molar-refractivity contribution in [3.05, 3.63) is 65.7 Å². The van der Waals surface area contributed by atoms with Crippen LogP contribution in [-0.2, 0) is 11.2 Å². The van der Waals surface area contributed by atoms with E-state index in [1.54, 1.807) is 12.1 Å². The molecule has 3 nitrogen and oxygen atoms in total. The van der Waals surface area contributed by atoms with Gasteiger partial charge in [-0.05, 0) is 30.2 Å². The van der Waals surface area contributed by atoms with E-state index in [0.717, 1.165) is 18.7 Å². The van der Waals surface area contributed by atoms with Crippen molar-refractivity contribution in [1.29, 1.82) is 0 Å². The molecule has 0 aliphatic carbocycles. The van der Waals surface area contributed by atoms with E-state index in [9.17, 15) is 4.79 Å². The number of hydrogen-bond donors (Lipinski definition) is 1. The molecule has 2 aromatic carbocycles. The molecule has 106 valence electrons. The summed E-state index contributed by atoms with van der Waals surface area (Å²) in [5.41, 5.74) is 2.66. The van der Waals surface area contributed by atoms with Crippen LogP contribution in [0.1, 0.15) is 15.9 Å². The van der Waals surface area contributed by atoms with E-state index < -0.39 is 5.97 Å². The van der Waals surface area contributed by atoms with E-state index in [4.69, 9.17) is 11.2 Å². The normalized spacial score (nSPS) is 9.67. The van der Waals surface area contributed by atoms with Gasteiger partial charge >= 0.3 is 5.97 Å². The maximum absolute atomic E-state index is 11.7. The van der Waals surface area contributed by atoms with Crippen LogP contribution >= 0.6 is 0 Å². The summed E-state index contributed by atoms with van der Waals surface area (Å²) in [6.45, 7) is 0.789. The second-order valence-electron chi connectivity index (χ2n) is 4.52. The average Bonchev–Trinajstić information content (AvgIpc) is 2.54. The third kappa shape index (κ3) is 4.70. The molecule has 0 spiro atoms. The fourth-order valence-electron chi connectivity index (χ4n) is 1.94. The van der Waals surface area contributed by atoms with Gasteiger partial charge in [0, 0.05) is 12.2 Å². The van der Waals surface area contributed by atoms with Gasteiger partial charge in [-0.2, -0.15) is 0 Å². The third-order valence-electron chi connectivity index (χ3n) is 2.97. The number of hydrogen-bond acceptors (Lipinski definition) is 3. The Kier molecular flexibility index (Phi) is 5.42. The summed E-state index contributed by atoms with van der Waals surface area (Å²) >= 11 is 0. The number of anilines is 1. The standard InChI is InChI=1S/C18H17NO2/c1-2-13-21-18(20)16-9-6-10-17(14-16)19-12-11-15-7-4-3-5-8-15/h1,3-10,14,19H,11-13H2. The number of esters is 1. The highest BCUT2D eigenvalue weighted by Crippen LogP contribution is 2.12. The molecule has 0 fully saturated rings. The van der Waals surface area contributed by atoms with Gasteiger partial charge in [-0.25, -0.2) is 4.79 Å². The number of rotatable bonds is 6. The van der Waals surface area contributed by atoms with E-state index in [1.807, 2.05) is 30.3 Å². The Morgan fingerprint density at radius 2 is 1.95 bits per heavy atom. The van der Waals surface area contributed by atoms with Crippen molar-refractivity contribution in [1.82, 2.24) is 0 Å². The van der Waals surface area contributed by atoms with E-state index in [0.29, 0.717) is 5.56 Å². The maximum atomic E-state index is 11.7. The number of terminal acetylenes is 1. The van der Waals surface area contributed by atoms with Crippen LogP contribution in [-0.4, -0.2) is 19.1 Å². The van der Waals surface area contributed by atoms with Gasteiger partial charge in [0.15, 0.2) is 6.61 Å². The molecule has 2 rings (SSSR count). The molecule has 0 aliphatic rings. The summed E-state index contributed by atoms with van der Waals surface area (Å²) in [5, 5.41) is 3.30. The Morgan fingerprint density at radius 3 is 2.71 bits per heavy atom. The molecule has 1 N–H and O–H groups in total. The molecule has 0 atom stereocenters. The SMILES string of the molecule is C#CCOC(=O)c1cccc(NCCc2ccccc2)c1. The molecular formula is C18H17NO2. The zero-order valence-corrected chi connectivity index (χ0v) is 11.7. The van der Waals surface area contributed by atoms with Crippen molar-refractivity contribution < 1.29 is 9.53 Å². The zero-order valence-electron chi connectivity index (χ0n) is 11.7. The van der Waals surface area contributed by atoms with Crippen LogP contribution in [0, 0.1) is 12.3 Å². The Morgan fingerprint density at radius 1 is 1.14 bits per heavy atom. The fraction of sp³-hybridized carbons (Fsp3) is 0.167. The summed E-state index contributed by atoms with van der Waals surface area (Å²) in [5.74, 6) is 1.87. The van der Waals surface area contributed by atoms with Gasteiger partial charge in [-0.15, -0.1) is 6.42 Å². The van der Waals surface area contributed by atoms with Gasteiger partial charge in [-0.3, -0.25) is 0 Å². The van der Waals surface area contributed by atoms with Crippen molar-refractivity contribution in [3.8, 4) is 12.3 Å². The molecule has 0 heterocycles. The highest BCUT2D eigenvalue weighted by molar-refractivity contribution is 5.90. The molecule has 0 aromatic heterocycles. The molecule has 3 heteroatoms. The van der Waals surface area contributed by atoms with Crippen molar-refractivity contribution in [3.63, 3.8) is 0 Å². The monoisotopic (exact) mass is 279 g/mol. The number of carbonyl (C=O) groups is 1. The first kappa shape index (κ1) is 14.7. The summed E-state index contributed by atoms with van der Waals surface area (Å²) in [4.78, 5) is 11.7. The average molecular weight is 279 g/mol. The van der Waals surface area contributed by atoms with Crippen LogP contribution in [0.3, 0.4) is 0 Å². The lowest BCUT2D eigenvalue weighted by atomic mass is 10.1. The quantitative estimate of drug-likeness (QED) is 0.652. The third-order valence-corrected chi connectivity index (χ3v) is 2.97. The number of nitrogens with one attached hydrogen (secondary N) is 1. The molecule has 0 aliphatic heterocycles. The van der Waals surface area contributed by atoms with E-state index in [2.05, 4.69) is 23.4 Å². The van der Waals surface area contributed by atoms with Gasteiger partial charge in [0.1, 0.15) is 0 Å². The smallest absolute Gasteiger partial charge is 0.339 e. The molecule has 2 aromatic rings. The first-order valence-electron chi connectivity index (χ1n) is 6.78. The lowest BCUT2D eigenvalue weighted by molar-refractivity contribution is 0.0557. The van der Waals surface area contributed by atoms with Crippen LogP contribution in [0.15, 0.2) is 54.6 Å². The fourth-order valence-corrected chi connectivity index (χ4v) is 1.94. The first-order chi connectivity index (χ1) is 10.3. The van der Waals surface area contributed by atoms with Crippen LogP contribution in [0.5, 0.6) is 0 Å². The minimum atomic E-state index is -0.403. The van der Waals surface area contributed by atoms with Gasteiger partial charge in [0.2, 0.25) is 0 Å². The maximum Gasteiger partial charge on any atom is 0.339 e. The van der Waals surface area contributed by atoms with Crippen LogP contribution in [0.4, 0.5) is 5.69 Å². The summed E-state index contributed by atoms with van der Waals surface area (Å²) < 4.78 is 4.90. The van der Waals surface area contributed by atoms with Crippen molar-refractivity contribution >= 4 is 11.7 Å². The number of ether oxygens (including phenoxy) is 1. The first-order valence-corrected chi connectivity index (χ1v) is 6.78. The second-order valence-corrected chi connectivity index (χ2v) is 4.52. The summed E-state index contributed by atoms with van der Waals surface area (Å²) in [6, 6.07) is 17.5. The van der Waals surface area contributed by atoms with Crippen molar-refractivity contribution in [2.24, 2.45) is 0 Å². The second kappa shape index (κ2) is 7.76. The van der Waals surface area contributed by atoms with Gasteiger partial charge < -0.3 is 10.1 Å². The Labute approximate surface area is 125 Å². The highest BCUT2D eigenvalue weighted by atomic mass is 16.5. The molecule has 0 saturated heterocycles. The minimum absolute atomic E-state index is 0.00943. The van der Waals surface area contributed by atoms with E-state index in [1.165, 1.54) is 5.56 Å². The molecular weight excluding hydrogens is 262 g/mol.